The number of amides is 1. The molecule has 0 aliphatic heterocycles. The SMILES string of the molecule is COc1ccc2c(c1)CC[C@H]1[C@@H]3[C@H](CCCCC(=O)NCCc4c[nH]c5c(C)cccc45)CC(=O)[C@@]3(C)CC[C@H]21. The number of rotatable bonds is 9. The van der Waals surface area contributed by atoms with Gasteiger partial charge in [-0.15, -0.1) is 0 Å². The molecule has 1 heterocycles. The van der Waals surface area contributed by atoms with Crippen LogP contribution in [0, 0.1) is 30.1 Å². The van der Waals surface area contributed by atoms with Gasteiger partial charge in [0.15, 0.2) is 0 Å². The van der Waals surface area contributed by atoms with Crippen molar-refractivity contribution in [2.45, 2.75) is 84.0 Å². The lowest BCUT2D eigenvalue weighted by Gasteiger charge is -2.50. The van der Waals surface area contributed by atoms with Crippen molar-refractivity contribution in [1.29, 1.82) is 0 Å². The molecule has 5 heteroatoms. The number of ketones is 1. The third-order valence-corrected chi connectivity index (χ3v) is 10.7. The molecule has 3 aliphatic carbocycles. The van der Waals surface area contributed by atoms with Crippen LogP contribution in [0.25, 0.3) is 10.9 Å². The van der Waals surface area contributed by atoms with E-state index < -0.39 is 0 Å². The maximum atomic E-state index is 13.3. The van der Waals surface area contributed by atoms with Gasteiger partial charge in [-0.2, -0.15) is 0 Å². The second-order valence-electron chi connectivity index (χ2n) is 12.9. The summed E-state index contributed by atoms with van der Waals surface area (Å²) in [6.07, 6.45) is 11.6. The van der Waals surface area contributed by atoms with Crippen LogP contribution >= 0.6 is 0 Å². The minimum absolute atomic E-state index is 0.139. The number of aryl methyl sites for hydroxylation is 2. The minimum atomic E-state index is -0.159. The number of hydrogen-bond acceptors (Lipinski definition) is 3. The topological polar surface area (TPSA) is 71.2 Å². The summed E-state index contributed by atoms with van der Waals surface area (Å²) in [4.78, 5) is 29.3. The molecule has 3 aromatic rings. The Morgan fingerprint density at radius 3 is 2.90 bits per heavy atom. The maximum Gasteiger partial charge on any atom is 0.220 e. The Labute approximate surface area is 238 Å². The molecule has 2 aromatic carbocycles. The number of hydrogen-bond donors (Lipinski definition) is 2. The van der Waals surface area contributed by atoms with Crippen LogP contribution in [0.15, 0.2) is 42.6 Å². The van der Waals surface area contributed by atoms with Crippen molar-refractivity contribution in [3.63, 3.8) is 0 Å². The summed E-state index contributed by atoms with van der Waals surface area (Å²) >= 11 is 0. The second kappa shape index (κ2) is 11.1. The number of aromatic nitrogens is 1. The first-order chi connectivity index (χ1) is 19.4. The summed E-state index contributed by atoms with van der Waals surface area (Å²) in [7, 11) is 1.74. The number of methoxy groups -OCH3 is 1. The molecule has 0 bridgehead atoms. The van der Waals surface area contributed by atoms with E-state index in [1.165, 1.54) is 39.6 Å². The zero-order valence-electron chi connectivity index (χ0n) is 24.4. The monoisotopic (exact) mass is 540 g/mol. The third kappa shape index (κ3) is 4.86. The summed E-state index contributed by atoms with van der Waals surface area (Å²) in [5, 5.41) is 4.37. The van der Waals surface area contributed by atoms with E-state index in [1.807, 2.05) is 0 Å². The molecule has 40 heavy (non-hydrogen) atoms. The molecule has 0 radical (unpaired) electrons. The molecular weight excluding hydrogens is 496 g/mol. The van der Waals surface area contributed by atoms with E-state index in [4.69, 9.17) is 4.74 Å². The zero-order valence-corrected chi connectivity index (χ0v) is 24.4. The van der Waals surface area contributed by atoms with Gasteiger partial charge in [0, 0.05) is 41.9 Å². The van der Waals surface area contributed by atoms with E-state index in [0.717, 1.165) is 57.1 Å². The van der Waals surface area contributed by atoms with Gasteiger partial charge in [-0.25, -0.2) is 0 Å². The molecule has 1 aromatic heterocycles. The summed E-state index contributed by atoms with van der Waals surface area (Å²) in [5.41, 5.74) is 6.46. The van der Waals surface area contributed by atoms with Crippen LogP contribution in [-0.2, 0) is 22.4 Å². The average Bonchev–Trinajstić information content (AvgIpc) is 3.49. The number of benzene rings is 2. The number of Topliss-reactive ketones (excluding diaryl/α,β-unsaturated/α-hetero) is 1. The number of carbonyl (C=O) groups is 2. The first-order valence-corrected chi connectivity index (χ1v) is 15.4. The number of unbranched alkanes of at least 4 members (excludes halogenated alkanes) is 1. The predicted octanol–water partition coefficient (Wildman–Crippen LogP) is 7.06. The van der Waals surface area contributed by atoms with Crippen LogP contribution in [0.3, 0.4) is 0 Å². The average molecular weight is 541 g/mol. The summed E-state index contributed by atoms with van der Waals surface area (Å²) in [6, 6.07) is 13.0. The Kier molecular flexibility index (Phi) is 7.50. The van der Waals surface area contributed by atoms with Crippen molar-refractivity contribution in [1.82, 2.24) is 10.3 Å². The van der Waals surface area contributed by atoms with Crippen LogP contribution in [0.4, 0.5) is 0 Å². The Balaban J connectivity index is 1.01. The van der Waals surface area contributed by atoms with Crippen molar-refractivity contribution in [3.8, 4) is 5.75 Å². The lowest BCUT2D eigenvalue weighted by molar-refractivity contribution is -0.129. The van der Waals surface area contributed by atoms with Gasteiger partial charge in [0.1, 0.15) is 11.5 Å². The Hall–Kier alpha value is -3.08. The van der Waals surface area contributed by atoms with Crippen molar-refractivity contribution in [3.05, 3.63) is 64.8 Å². The Morgan fingerprint density at radius 2 is 2.05 bits per heavy atom. The van der Waals surface area contributed by atoms with E-state index in [2.05, 4.69) is 66.7 Å². The fraction of sp³-hybridized carbons (Fsp3) is 0.543. The molecule has 1 amide bonds. The predicted molar refractivity (Wildman–Crippen MR) is 160 cm³/mol. The fourth-order valence-electron chi connectivity index (χ4n) is 8.70. The number of carbonyl (C=O) groups excluding carboxylic acids is 2. The highest BCUT2D eigenvalue weighted by Crippen LogP contribution is 2.62. The van der Waals surface area contributed by atoms with Crippen LogP contribution in [0.1, 0.15) is 86.5 Å². The van der Waals surface area contributed by atoms with E-state index in [0.29, 0.717) is 42.4 Å². The largest absolute Gasteiger partial charge is 0.497 e. The van der Waals surface area contributed by atoms with E-state index in [-0.39, 0.29) is 11.3 Å². The van der Waals surface area contributed by atoms with Crippen LogP contribution < -0.4 is 10.1 Å². The second-order valence-corrected chi connectivity index (χ2v) is 12.9. The van der Waals surface area contributed by atoms with Gasteiger partial charge < -0.3 is 15.0 Å². The molecule has 2 saturated carbocycles. The zero-order chi connectivity index (χ0) is 27.9. The number of H-pyrrole nitrogens is 1. The summed E-state index contributed by atoms with van der Waals surface area (Å²) < 4.78 is 5.49. The van der Waals surface area contributed by atoms with Crippen molar-refractivity contribution in [2.75, 3.05) is 13.7 Å². The van der Waals surface area contributed by atoms with Crippen molar-refractivity contribution < 1.29 is 14.3 Å². The number of nitrogens with one attached hydrogen (secondary N) is 2. The van der Waals surface area contributed by atoms with Crippen molar-refractivity contribution >= 4 is 22.6 Å². The van der Waals surface area contributed by atoms with Gasteiger partial charge in [-0.1, -0.05) is 37.6 Å². The van der Waals surface area contributed by atoms with Gasteiger partial charge >= 0.3 is 0 Å². The van der Waals surface area contributed by atoms with Gasteiger partial charge in [0.25, 0.3) is 0 Å². The summed E-state index contributed by atoms with van der Waals surface area (Å²) in [5.74, 6) is 3.66. The smallest absolute Gasteiger partial charge is 0.220 e. The molecule has 0 spiro atoms. The van der Waals surface area contributed by atoms with E-state index in [9.17, 15) is 9.59 Å². The summed E-state index contributed by atoms with van der Waals surface area (Å²) in [6.45, 7) is 5.04. The fourth-order valence-corrected chi connectivity index (χ4v) is 8.70. The lowest BCUT2D eigenvalue weighted by atomic mass is 9.54. The highest BCUT2D eigenvalue weighted by atomic mass is 16.5. The molecule has 3 aliphatic rings. The van der Waals surface area contributed by atoms with Gasteiger partial charge in [0.2, 0.25) is 5.91 Å². The molecule has 0 saturated heterocycles. The molecule has 6 rings (SSSR count). The standard InChI is InChI=1S/C35H44N2O3/c1-22-7-6-9-28-25(21-37-34(22)28)16-18-36-32(39)10-5-4-8-24-20-31(38)35(2)17-15-29-27-14-12-26(40-3)19-23(27)11-13-30(29)33(24)35/h6-7,9,12,14,19,21,24,29-30,33,37H,4-5,8,10-11,13,15-18,20H2,1-3H3,(H,36,39)/t24-,29-,30-,33+,35-/m1/s1. The first kappa shape index (κ1) is 27.1. The quantitative estimate of drug-likeness (QED) is 0.286. The number of para-hydroxylation sites is 1. The molecule has 5 nitrogen and oxygen atoms in total. The number of ether oxygens (including phenoxy) is 1. The Morgan fingerprint density at radius 1 is 1.18 bits per heavy atom. The molecule has 2 fully saturated rings. The van der Waals surface area contributed by atoms with E-state index >= 15 is 0 Å². The molecule has 212 valence electrons. The number of fused-ring (bicyclic) bond motifs is 6. The lowest BCUT2D eigenvalue weighted by Crippen LogP contribution is -2.44. The van der Waals surface area contributed by atoms with E-state index in [1.54, 1.807) is 7.11 Å². The maximum absolute atomic E-state index is 13.3. The van der Waals surface area contributed by atoms with Gasteiger partial charge in [0.05, 0.1) is 7.11 Å². The highest BCUT2D eigenvalue weighted by Gasteiger charge is 2.58. The highest BCUT2D eigenvalue weighted by molar-refractivity contribution is 5.88. The molecular formula is C35H44N2O3. The van der Waals surface area contributed by atoms with Crippen molar-refractivity contribution in [2.24, 2.45) is 23.2 Å². The van der Waals surface area contributed by atoms with Crippen LogP contribution in [0.2, 0.25) is 0 Å². The van der Waals surface area contributed by atoms with Gasteiger partial charge in [-0.05, 0) is 110 Å². The number of aromatic amines is 1. The van der Waals surface area contributed by atoms with Crippen LogP contribution in [0.5, 0.6) is 5.75 Å². The van der Waals surface area contributed by atoms with Crippen LogP contribution in [-0.4, -0.2) is 30.3 Å². The molecule has 0 unspecified atom stereocenters. The van der Waals surface area contributed by atoms with Gasteiger partial charge in [-0.3, -0.25) is 9.59 Å². The minimum Gasteiger partial charge on any atom is -0.497 e. The molecule has 2 N–H and O–H groups in total. The molecule has 5 atom stereocenters. The normalized spacial score (nSPS) is 27.2. The first-order valence-electron chi connectivity index (χ1n) is 15.4. The Bertz CT molecular complexity index is 1410. The third-order valence-electron chi connectivity index (χ3n) is 10.7.